The zero-order chi connectivity index (χ0) is 22.7. The summed E-state index contributed by atoms with van der Waals surface area (Å²) < 4.78 is 25.0. The molecule has 1 aliphatic rings. The Morgan fingerprint density at radius 1 is 0.938 bits per heavy atom. The number of nitrogens with zero attached hydrogens (tertiary/aromatic N) is 4. The number of aromatic nitrogens is 2. The molecule has 32 heavy (non-hydrogen) atoms. The van der Waals surface area contributed by atoms with Crippen LogP contribution in [0, 0.1) is 5.82 Å². The highest BCUT2D eigenvalue weighted by Crippen LogP contribution is 2.28. The Kier molecular flexibility index (Phi) is 6.07. The number of amides is 1. The van der Waals surface area contributed by atoms with Crippen LogP contribution in [0.25, 0.3) is 5.69 Å². The fourth-order valence-corrected chi connectivity index (χ4v) is 3.70. The first-order valence-corrected chi connectivity index (χ1v) is 10.1. The second-order valence-corrected chi connectivity index (χ2v) is 7.24. The van der Waals surface area contributed by atoms with Crippen LogP contribution in [0.3, 0.4) is 0 Å². The number of para-hydroxylation sites is 2. The van der Waals surface area contributed by atoms with Crippen LogP contribution in [0.1, 0.15) is 10.5 Å². The minimum absolute atomic E-state index is 0.0298. The Labute approximate surface area is 184 Å². The molecule has 0 saturated carbocycles. The predicted octanol–water partition coefficient (Wildman–Crippen LogP) is 2.35. The van der Waals surface area contributed by atoms with E-state index in [0.29, 0.717) is 31.9 Å². The maximum absolute atomic E-state index is 13.3. The fourth-order valence-electron chi connectivity index (χ4n) is 3.70. The Morgan fingerprint density at radius 2 is 1.59 bits per heavy atom. The van der Waals surface area contributed by atoms with E-state index in [9.17, 15) is 14.0 Å². The molecule has 1 fully saturated rings. The van der Waals surface area contributed by atoms with Gasteiger partial charge in [0.1, 0.15) is 11.6 Å². The van der Waals surface area contributed by atoms with Crippen LogP contribution >= 0.6 is 0 Å². The Morgan fingerprint density at radius 3 is 2.25 bits per heavy atom. The summed E-state index contributed by atoms with van der Waals surface area (Å²) in [4.78, 5) is 29.6. The van der Waals surface area contributed by atoms with Crippen LogP contribution in [0.5, 0.6) is 11.5 Å². The molecular formula is C23H23FN4O4. The lowest BCUT2D eigenvalue weighted by molar-refractivity contribution is 0.0734. The molecule has 2 aromatic carbocycles. The van der Waals surface area contributed by atoms with E-state index in [-0.39, 0.29) is 17.4 Å². The number of anilines is 1. The molecule has 0 radical (unpaired) electrons. The normalized spacial score (nSPS) is 13.7. The largest absolute Gasteiger partial charge is 0.495 e. The molecule has 2 heterocycles. The first kappa shape index (κ1) is 21.4. The summed E-state index contributed by atoms with van der Waals surface area (Å²) in [5.41, 5.74) is 0.880. The Balaban J connectivity index is 1.57. The number of rotatable bonds is 5. The van der Waals surface area contributed by atoms with Crippen molar-refractivity contribution in [3.63, 3.8) is 0 Å². The van der Waals surface area contributed by atoms with Gasteiger partial charge in [-0.1, -0.05) is 12.1 Å². The Bertz CT molecular complexity index is 1170. The Hall–Kier alpha value is -3.88. The van der Waals surface area contributed by atoms with Crippen LogP contribution in [0.2, 0.25) is 0 Å². The van der Waals surface area contributed by atoms with Gasteiger partial charge in [0.2, 0.25) is 0 Å². The molecule has 1 aliphatic heterocycles. The van der Waals surface area contributed by atoms with Gasteiger partial charge in [-0.2, -0.15) is 9.78 Å². The number of halogens is 1. The van der Waals surface area contributed by atoms with E-state index in [2.05, 4.69) is 10.00 Å². The third-order valence-electron chi connectivity index (χ3n) is 5.38. The van der Waals surface area contributed by atoms with E-state index in [1.54, 1.807) is 12.0 Å². The van der Waals surface area contributed by atoms with Crippen LogP contribution in [-0.2, 0) is 0 Å². The average molecular weight is 438 g/mol. The number of methoxy groups -OCH3 is 2. The molecule has 0 N–H and O–H groups in total. The minimum atomic E-state index is -0.481. The second-order valence-electron chi connectivity index (χ2n) is 7.24. The highest BCUT2D eigenvalue weighted by Gasteiger charge is 2.27. The summed E-state index contributed by atoms with van der Waals surface area (Å²) in [7, 11) is 3.02. The average Bonchev–Trinajstić information content (AvgIpc) is 2.84. The number of carbonyl (C=O) groups excluding carboxylic acids is 1. The summed E-state index contributed by atoms with van der Waals surface area (Å²) in [6.45, 7) is 2.17. The monoisotopic (exact) mass is 438 g/mol. The molecule has 0 unspecified atom stereocenters. The SMILES string of the molecule is COc1ccccc1N1CCN(C(=O)c2nn(-c3ccc(F)cc3)c(=O)cc2OC)CC1. The van der Waals surface area contributed by atoms with Crippen molar-refractivity contribution < 1.29 is 18.7 Å². The van der Waals surface area contributed by atoms with Gasteiger partial charge in [-0.15, -0.1) is 0 Å². The highest BCUT2D eigenvalue weighted by atomic mass is 19.1. The van der Waals surface area contributed by atoms with Gasteiger partial charge in [0, 0.05) is 26.2 Å². The molecule has 166 valence electrons. The van der Waals surface area contributed by atoms with Crippen molar-refractivity contribution in [1.82, 2.24) is 14.7 Å². The first-order chi connectivity index (χ1) is 15.5. The van der Waals surface area contributed by atoms with Gasteiger partial charge in [0.25, 0.3) is 11.5 Å². The summed E-state index contributed by atoms with van der Waals surface area (Å²) in [5.74, 6) is 0.115. The first-order valence-electron chi connectivity index (χ1n) is 10.1. The number of ether oxygens (including phenoxy) is 2. The van der Waals surface area contributed by atoms with Crippen molar-refractivity contribution in [3.8, 4) is 17.2 Å². The number of benzene rings is 2. The predicted molar refractivity (Wildman–Crippen MR) is 117 cm³/mol. The lowest BCUT2D eigenvalue weighted by atomic mass is 10.2. The summed E-state index contributed by atoms with van der Waals surface area (Å²) in [6.07, 6.45) is 0. The van der Waals surface area contributed by atoms with Crippen LogP contribution in [0.4, 0.5) is 10.1 Å². The van der Waals surface area contributed by atoms with Crippen molar-refractivity contribution in [2.24, 2.45) is 0 Å². The van der Waals surface area contributed by atoms with Crippen LogP contribution < -0.4 is 19.9 Å². The molecule has 3 aromatic rings. The van der Waals surface area contributed by atoms with E-state index in [0.717, 1.165) is 16.1 Å². The molecule has 1 amide bonds. The number of piperazine rings is 1. The summed E-state index contributed by atoms with van der Waals surface area (Å²) in [6, 6.07) is 14.3. The smallest absolute Gasteiger partial charge is 0.278 e. The highest BCUT2D eigenvalue weighted by molar-refractivity contribution is 5.95. The molecule has 8 nitrogen and oxygen atoms in total. The molecule has 4 rings (SSSR count). The third kappa shape index (κ3) is 4.14. The number of carbonyl (C=O) groups is 1. The van der Waals surface area contributed by atoms with Gasteiger partial charge in [0.05, 0.1) is 31.7 Å². The van der Waals surface area contributed by atoms with Crippen molar-refractivity contribution in [2.75, 3.05) is 45.3 Å². The lowest BCUT2D eigenvalue weighted by Crippen LogP contribution is -2.49. The van der Waals surface area contributed by atoms with E-state index in [4.69, 9.17) is 9.47 Å². The van der Waals surface area contributed by atoms with Gasteiger partial charge in [-0.25, -0.2) is 4.39 Å². The quantitative estimate of drug-likeness (QED) is 0.609. The minimum Gasteiger partial charge on any atom is -0.495 e. The lowest BCUT2D eigenvalue weighted by Gasteiger charge is -2.36. The van der Waals surface area contributed by atoms with E-state index in [1.165, 1.54) is 37.4 Å². The molecular weight excluding hydrogens is 415 g/mol. The van der Waals surface area contributed by atoms with Crippen LogP contribution in [0.15, 0.2) is 59.4 Å². The molecule has 0 aliphatic carbocycles. The van der Waals surface area contributed by atoms with E-state index in [1.807, 2.05) is 24.3 Å². The van der Waals surface area contributed by atoms with Gasteiger partial charge in [0.15, 0.2) is 11.4 Å². The van der Waals surface area contributed by atoms with Crippen molar-refractivity contribution in [2.45, 2.75) is 0 Å². The maximum Gasteiger partial charge on any atom is 0.278 e. The molecule has 0 bridgehead atoms. The zero-order valence-corrected chi connectivity index (χ0v) is 17.8. The fraction of sp³-hybridized carbons (Fsp3) is 0.261. The summed E-state index contributed by atoms with van der Waals surface area (Å²) in [5, 5.41) is 4.25. The van der Waals surface area contributed by atoms with Gasteiger partial charge < -0.3 is 19.3 Å². The number of hydrogen-bond acceptors (Lipinski definition) is 6. The third-order valence-corrected chi connectivity index (χ3v) is 5.38. The standard InChI is InChI=1S/C23H23FN4O4/c1-31-19-6-4-3-5-18(19)26-11-13-27(14-12-26)23(30)22-20(32-2)15-21(29)28(25-22)17-9-7-16(24)8-10-17/h3-10,15H,11-14H2,1-2H3. The maximum atomic E-state index is 13.3. The van der Waals surface area contributed by atoms with Crippen molar-refractivity contribution in [3.05, 3.63) is 76.5 Å². The number of hydrogen-bond donors (Lipinski definition) is 0. The van der Waals surface area contributed by atoms with Gasteiger partial charge in [-0.05, 0) is 36.4 Å². The second kappa shape index (κ2) is 9.09. The topological polar surface area (TPSA) is 76.9 Å². The van der Waals surface area contributed by atoms with E-state index < -0.39 is 11.4 Å². The van der Waals surface area contributed by atoms with Crippen molar-refractivity contribution in [1.29, 1.82) is 0 Å². The van der Waals surface area contributed by atoms with Gasteiger partial charge in [-0.3, -0.25) is 9.59 Å². The van der Waals surface area contributed by atoms with Crippen LogP contribution in [-0.4, -0.2) is 61.0 Å². The molecule has 1 saturated heterocycles. The zero-order valence-electron chi connectivity index (χ0n) is 17.8. The molecule has 1 aromatic heterocycles. The van der Waals surface area contributed by atoms with Gasteiger partial charge >= 0.3 is 0 Å². The van der Waals surface area contributed by atoms with Crippen molar-refractivity contribution >= 4 is 11.6 Å². The molecule has 9 heteroatoms. The summed E-state index contributed by atoms with van der Waals surface area (Å²) >= 11 is 0. The molecule has 0 atom stereocenters. The van der Waals surface area contributed by atoms with E-state index >= 15 is 0 Å². The molecule has 0 spiro atoms.